The Bertz CT molecular complexity index is 741. The third-order valence-electron chi connectivity index (χ3n) is 3.99. The van der Waals surface area contributed by atoms with Crippen molar-refractivity contribution in [3.63, 3.8) is 0 Å². The fraction of sp³-hybridized carbons (Fsp3) is 0.278. The van der Waals surface area contributed by atoms with Gasteiger partial charge in [0.25, 0.3) is 5.91 Å². The summed E-state index contributed by atoms with van der Waals surface area (Å²) in [6.07, 6.45) is 1.04. The molecule has 0 aliphatic carbocycles. The van der Waals surface area contributed by atoms with Gasteiger partial charge in [0.2, 0.25) is 0 Å². The zero-order valence-corrected chi connectivity index (χ0v) is 13.9. The topological polar surface area (TPSA) is 81.5 Å². The lowest BCUT2D eigenvalue weighted by molar-refractivity contribution is -0.385. The van der Waals surface area contributed by atoms with Gasteiger partial charge in [0, 0.05) is 17.3 Å². The van der Waals surface area contributed by atoms with Crippen LogP contribution in [0.4, 0.5) is 11.4 Å². The summed E-state index contributed by atoms with van der Waals surface area (Å²) >= 11 is 0. The summed E-state index contributed by atoms with van der Waals surface area (Å²) in [7, 11) is 1.35. The van der Waals surface area contributed by atoms with E-state index in [4.69, 9.17) is 4.74 Å². The summed E-state index contributed by atoms with van der Waals surface area (Å²) in [5.74, 6) is 0.172. The highest BCUT2D eigenvalue weighted by Crippen LogP contribution is 2.28. The largest absolute Gasteiger partial charge is 0.490 e. The molecular weight excluding hydrogens is 308 g/mol. The van der Waals surface area contributed by atoms with E-state index >= 15 is 0 Å². The molecule has 0 fully saturated rings. The predicted molar refractivity (Wildman–Crippen MR) is 92.7 cm³/mol. The van der Waals surface area contributed by atoms with Crippen molar-refractivity contribution in [3.05, 3.63) is 63.7 Å². The summed E-state index contributed by atoms with van der Waals surface area (Å²) in [6.45, 7) is 4.26. The second-order valence-electron chi connectivity index (χ2n) is 5.53. The van der Waals surface area contributed by atoms with Crippen LogP contribution in [-0.4, -0.2) is 17.9 Å². The number of nitrogens with one attached hydrogen (secondary N) is 1. The molecule has 0 unspecified atom stereocenters. The van der Waals surface area contributed by atoms with Gasteiger partial charge in [-0.05, 0) is 42.2 Å². The number of ether oxygens (including phenoxy) is 1. The standard InChI is InChI=1S/C18H20N2O4/c1-4-12(2)13-5-8-15(9-6-13)19-18(21)14-7-10-17(24-3)16(11-14)20(22)23/h5-12H,4H2,1-3H3,(H,19,21)/t12-/m1/s1. The van der Waals surface area contributed by atoms with Gasteiger partial charge in [-0.15, -0.1) is 0 Å². The Kier molecular flexibility index (Phi) is 5.52. The molecule has 0 aliphatic heterocycles. The molecule has 2 aromatic rings. The van der Waals surface area contributed by atoms with Crippen LogP contribution in [-0.2, 0) is 0 Å². The van der Waals surface area contributed by atoms with Gasteiger partial charge in [-0.2, -0.15) is 0 Å². The van der Waals surface area contributed by atoms with Crippen LogP contribution < -0.4 is 10.1 Å². The van der Waals surface area contributed by atoms with Crippen LogP contribution >= 0.6 is 0 Å². The van der Waals surface area contributed by atoms with Crippen molar-refractivity contribution >= 4 is 17.3 Å². The van der Waals surface area contributed by atoms with Crippen molar-refractivity contribution in [2.45, 2.75) is 26.2 Å². The number of anilines is 1. The van der Waals surface area contributed by atoms with Crippen molar-refractivity contribution in [1.29, 1.82) is 0 Å². The normalized spacial score (nSPS) is 11.6. The Hall–Kier alpha value is -2.89. The second-order valence-corrected chi connectivity index (χ2v) is 5.53. The smallest absolute Gasteiger partial charge is 0.311 e. The molecule has 1 amide bonds. The van der Waals surface area contributed by atoms with Crippen molar-refractivity contribution in [1.82, 2.24) is 0 Å². The zero-order valence-electron chi connectivity index (χ0n) is 13.9. The molecule has 6 nitrogen and oxygen atoms in total. The average molecular weight is 328 g/mol. The molecule has 0 spiro atoms. The number of amides is 1. The number of nitro benzene ring substituents is 1. The van der Waals surface area contributed by atoms with E-state index in [2.05, 4.69) is 19.2 Å². The molecule has 1 N–H and O–H groups in total. The van der Waals surface area contributed by atoms with Crippen LogP contribution in [0.5, 0.6) is 5.75 Å². The van der Waals surface area contributed by atoms with E-state index < -0.39 is 10.8 Å². The zero-order chi connectivity index (χ0) is 17.7. The fourth-order valence-electron chi connectivity index (χ4n) is 2.31. The molecule has 2 rings (SSSR count). The van der Waals surface area contributed by atoms with Crippen molar-refractivity contribution in [3.8, 4) is 5.75 Å². The SMILES string of the molecule is CC[C@@H](C)c1ccc(NC(=O)c2ccc(OC)c([N+](=O)[O-])c2)cc1. The maximum atomic E-state index is 12.3. The Labute approximate surface area is 140 Å². The number of rotatable bonds is 6. The van der Waals surface area contributed by atoms with E-state index in [0.717, 1.165) is 6.42 Å². The van der Waals surface area contributed by atoms with E-state index in [1.165, 1.54) is 30.9 Å². The van der Waals surface area contributed by atoms with Crippen molar-refractivity contribution in [2.75, 3.05) is 12.4 Å². The number of benzene rings is 2. The molecule has 0 radical (unpaired) electrons. The van der Waals surface area contributed by atoms with E-state index in [0.29, 0.717) is 11.6 Å². The van der Waals surface area contributed by atoms with Crippen molar-refractivity contribution in [2.24, 2.45) is 0 Å². The van der Waals surface area contributed by atoms with Gasteiger partial charge >= 0.3 is 5.69 Å². The average Bonchev–Trinajstić information content (AvgIpc) is 2.60. The summed E-state index contributed by atoms with van der Waals surface area (Å²) in [5.41, 5.74) is 1.81. The van der Waals surface area contributed by atoms with E-state index in [1.807, 2.05) is 24.3 Å². The summed E-state index contributed by atoms with van der Waals surface area (Å²) in [6, 6.07) is 11.7. The molecule has 24 heavy (non-hydrogen) atoms. The van der Waals surface area contributed by atoms with Gasteiger partial charge in [-0.25, -0.2) is 0 Å². The molecule has 0 saturated heterocycles. The summed E-state index contributed by atoms with van der Waals surface area (Å²) < 4.78 is 4.93. The van der Waals surface area contributed by atoms with Gasteiger partial charge in [-0.1, -0.05) is 26.0 Å². The second kappa shape index (κ2) is 7.59. The molecule has 2 aromatic carbocycles. The highest BCUT2D eigenvalue weighted by Gasteiger charge is 2.18. The van der Waals surface area contributed by atoms with Crippen molar-refractivity contribution < 1.29 is 14.5 Å². The van der Waals surface area contributed by atoms with Crippen LogP contribution in [0.1, 0.15) is 42.1 Å². The van der Waals surface area contributed by atoms with E-state index in [-0.39, 0.29) is 17.0 Å². The van der Waals surface area contributed by atoms with Gasteiger partial charge in [0.1, 0.15) is 0 Å². The van der Waals surface area contributed by atoms with E-state index in [9.17, 15) is 14.9 Å². The molecule has 0 heterocycles. The summed E-state index contributed by atoms with van der Waals surface area (Å²) in [5, 5.41) is 13.8. The number of methoxy groups -OCH3 is 1. The lowest BCUT2D eigenvalue weighted by atomic mass is 9.98. The maximum Gasteiger partial charge on any atom is 0.311 e. The monoisotopic (exact) mass is 328 g/mol. The Morgan fingerprint density at radius 2 is 1.92 bits per heavy atom. The van der Waals surface area contributed by atoms with E-state index in [1.54, 1.807) is 0 Å². The fourth-order valence-corrected chi connectivity index (χ4v) is 2.31. The first-order valence-corrected chi connectivity index (χ1v) is 7.70. The van der Waals surface area contributed by atoms with Gasteiger partial charge < -0.3 is 10.1 Å². The number of hydrogen-bond donors (Lipinski definition) is 1. The predicted octanol–water partition coefficient (Wildman–Crippen LogP) is 4.37. The number of carbonyl (C=O) groups excluding carboxylic acids is 1. The maximum absolute atomic E-state index is 12.3. The molecule has 6 heteroatoms. The third-order valence-corrected chi connectivity index (χ3v) is 3.99. The molecule has 126 valence electrons. The molecule has 0 saturated carbocycles. The Morgan fingerprint density at radius 1 is 1.25 bits per heavy atom. The van der Waals surface area contributed by atoms with Crippen LogP contribution in [0.3, 0.4) is 0 Å². The first-order valence-electron chi connectivity index (χ1n) is 7.70. The molecular formula is C18H20N2O4. The molecule has 0 bridgehead atoms. The minimum absolute atomic E-state index is 0.120. The highest BCUT2D eigenvalue weighted by molar-refractivity contribution is 6.04. The Balaban J connectivity index is 2.18. The lowest BCUT2D eigenvalue weighted by Crippen LogP contribution is -2.12. The number of nitrogens with zero attached hydrogens (tertiary/aromatic N) is 1. The summed E-state index contributed by atoms with van der Waals surface area (Å²) in [4.78, 5) is 22.8. The first kappa shape index (κ1) is 17.5. The minimum Gasteiger partial charge on any atom is -0.490 e. The van der Waals surface area contributed by atoms with Gasteiger partial charge in [0.05, 0.1) is 12.0 Å². The molecule has 1 atom stereocenters. The quantitative estimate of drug-likeness (QED) is 0.630. The minimum atomic E-state index is -0.573. The van der Waals surface area contributed by atoms with Gasteiger partial charge in [-0.3, -0.25) is 14.9 Å². The Morgan fingerprint density at radius 3 is 2.46 bits per heavy atom. The molecule has 0 aliphatic rings. The van der Waals surface area contributed by atoms with Crippen LogP contribution in [0, 0.1) is 10.1 Å². The van der Waals surface area contributed by atoms with Crippen LogP contribution in [0.2, 0.25) is 0 Å². The van der Waals surface area contributed by atoms with Crippen LogP contribution in [0.25, 0.3) is 0 Å². The molecule has 0 aromatic heterocycles. The lowest BCUT2D eigenvalue weighted by Gasteiger charge is -2.11. The van der Waals surface area contributed by atoms with Crippen LogP contribution in [0.15, 0.2) is 42.5 Å². The van der Waals surface area contributed by atoms with Gasteiger partial charge in [0.15, 0.2) is 5.75 Å². The number of hydrogen-bond acceptors (Lipinski definition) is 4. The number of carbonyl (C=O) groups is 1. The third kappa shape index (κ3) is 3.90. The number of nitro groups is 1. The highest BCUT2D eigenvalue weighted by atomic mass is 16.6. The first-order chi connectivity index (χ1) is 11.5.